The van der Waals surface area contributed by atoms with Gasteiger partial charge in [-0.1, -0.05) is 0 Å². The van der Waals surface area contributed by atoms with Crippen LogP contribution in [-0.4, -0.2) is 17.9 Å². The second kappa shape index (κ2) is 4.91. The molecule has 0 bridgehead atoms. The van der Waals surface area contributed by atoms with Gasteiger partial charge in [-0.2, -0.15) is 0 Å². The SMILES string of the molecule is COc1cccnc1C(=O)c1ccc(F)c(F)c1. The summed E-state index contributed by atoms with van der Waals surface area (Å²) in [5.41, 5.74) is 0.0805. The summed E-state index contributed by atoms with van der Waals surface area (Å²) in [7, 11) is 1.40. The second-order valence-electron chi connectivity index (χ2n) is 3.51. The maximum atomic E-state index is 13.1. The summed E-state index contributed by atoms with van der Waals surface area (Å²) in [6.07, 6.45) is 1.43. The van der Waals surface area contributed by atoms with Crippen LogP contribution in [0.3, 0.4) is 0 Å². The molecule has 0 aliphatic carbocycles. The van der Waals surface area contributed by atoms with E-state index in [-0.39, 0.29) is 17.0 Å². The summed E-state index contributed by atoms with van der Waals surface area (Å²) < 4.78 is 30.8. The van der Waals surface area contributed by atoms with Gasteiger partial charge in [0.05, 0.1) is 7.11 Å². The van der Waals surface area contributed by atoms with Crippen molar-refractivity contribution in [3.8, 4) is 5.75 Å². The number of pyridine rings is 1. The third-order valence-electron chi connectivity index (χ3n) is 2.39. The van der Waals surface area contributed by atoms with Crippen LogP contribution in [-0.2, 0) is 0 Å². The lowest BCUT2D eigenvalue weighted by Gasteiger charge is -2.06. The number of methoxy groups -OCH3 is 1. The van der Waals surface area contributed by atoms with E-state index < -0.39 is 17.4 Å². The summed E-state index contributed by atoms with van der Waals surface area (Å²) in [6.45, 7) is 0. The monoisotopic (exact) mass is 249 g/mol. The van der Waals surface area contributed by atoms with Gasteiger partial charge in [0.15, 0.2) is 17.3 Å². The largest absolute Gasteiger partial charge is 0.494 e. The van der Waals surface area contributed by atoms with Crippen LogP contribution in [0.15, 0.2) is 36.5 Å². The highest BCUT2D eigenvalue weighted by atomic mass is 19.2. The predicted molar refractivity (Wildman–Crippen MR) is 60.6 cm³/mol. The van der Waals surface area contributed by atoms with Crippen molar-refractivity contribution in [3.05, 3.63) is 59.4 Å². The molecule has 0 unspecified atom stereocenters. The summed E-state index contributed by atoms with van der Waals surface area (Å²) in [5, 5.41) is 0. The molecular formula is C13H9F2NO2. The number of ether oxygens (including phenoxy) is 1. The maximum absolute atomic E-state index is 13.1. The van der Waals surface area contributed by atoms with Crippen LogP contribution in [0.1, 0.15) is 16.1 Å². The standard InChI is InChI=1S/C13H9F2NO2/c1-18-11-3-2-6-16-12(11)13(17)8-4-5-9(14)10(15)7-8/h2-7H,1H3. The Hall–Kier alpha value is -2.30. The fourth-order valence-corrected chi connectivity index (χ4v) is 1.50. The molecule has 0 amide bonds. The fraction of sp³-hybridized carbons (Fsp3) is 0.0769. The summed E-state index contributed by atoms with van der Waals surface area (Å²) in [5.74, 6) is -2.31. The molecule has 0 aliphatic rings. The summed E-state index contributed by atoms with van der Waals surface area (Å²) in [6, 6.07) is 6.12. The summed E-state index contributed by atoms with van der Waals surface area (Å²) in [4.78, 5) is 15.9. The molecule has 5 heteroatoms. The molecule has 0 atom stereocenters. The number of nitrogens with zero attached hydrogens (tertiary/aromatic N) is 1. The molecule has 1 aromatic heterocycles. The molecule has 18 heavy (non-hydrogen) atoms. The van der Waals surface area contributed by atoms with Gasteiger partial charge in [-0.15, -0.1) is 0 Å². The minimum absolute atomic E-state index is 0.0194. The lowest BCUT2D eigenvalue weighted by Crippen LogP contribution is -2.07. The van der Waals surface area contributed by atoms with Crippen LogP contribution in [0, 0.1) is 11.6 Å². The van der Waals surface area contributed by atoms with Gasteiger partial charge >= 0.3 is 0 Å². The van der Waals surface area contributed by atoms with E-state index in [2.05, 4.69) is 4.98 Å². The van der Waals surface area contributed by atoms with Gasteiger partial charge in [0.1, 0.15) is 5.75 Å². The number of carbonyl (C=O) groups is 1. The molecule has 0 spiro atoms. The molecular weight excluding hydrogens is 240 g/mol. The van der Waals surface area contributed by atoms with E-state index in [0.717, 1.165) is 12.1 Å². The van der Waals surface area contributed by atoms with Gasteiger partial charge in [0.2, 0.25) is 5.78 Å². The van der Waals surface area contributed by atoms with Gasteiger partial charge in [-0.3, -0.25) is 4.79 Å². The molecule has 0 aliphatic heterocycles. The Morgan fingerprint density at radius 3 is 2.67 bits per heavy atom. The van der Waals surface area contributed by atoms with Crippen molar-refractivity contribution < 1.29 is 18.3 Å². The van der Waals surface area contributed by atoms with E-state index >= 15 is 0 Å². The first-order valence-electron chi connectivity index (χ1n) is 5.12. The molecule has 3 nitrogen and oxygen atoms in total. The summed E-state index contributed by atoms with van der Waals surface area (Å²) >= 11 is 0. The third-order valence-corrected chi connectivity index (χ3v) is 2.39. The minimum Gasteiger partial charge on any atom is -0.494 e. The van der Waals surface area contributed by atoms with E-state index in [1.807, 2.05) is 0 Å². The lowest BCUT2D eigenvalue weighted by molar-refractivity contribution is 0.103. The number of rotatable bonds is 3. The van der Waals surface area contributed by atoms with Gasteiger partial charge in [0, 0.05) is 11.8 Å². The molecule has 0 fully saturated rings. The van der Waals surface area contributed by atoms with Crippen molar-refractivity contribution in [2.45, 2.75) is 0 Å². The first kappa shape index (κ1) is 12.2. The molecule has 0 radical (unpaired) electrons. The number of benzene rings is 1. The van der Waals surface area contributed by atoms with Gasteiger partial charge in [0.25, 0.3) is 0 Å². The normalized spacial score (nSPS) is 10.2. The molecule has 0 saturated heterocycles. The van der Waals surface area contributed by atoms with E-state index in [9.17, 15) is 13.6 Å². The molecule has 1 aromatic carbocycles. The van der Waals surface area contributed by atoms with Crippen molar-refractivity contribution in [1.82, 2.24) is 4.98 Å². The molecule has 1 heterocycles. The molecule has 92 valence electrons. The zero-order valence-corrected chi connectivity index (χ0v) is 9.48. The van der Waals surface area contributed by atoms with Crippen molar-refractivity contribution in [3.63, 3.8) is 0 Å². The second-order valence-corrected chi connectivity index (χ2v) is 3.51. The van der Waals surface area contributed by atoms with Crippen molar-refractivity contribution >= 4 is 5.78 Å². The average Bonchev–Trinajstić information content (AvgIpc) is 2.41. The van der Waals surface area contributed by atoms with Crippen molar-refractivity contribution in [1.29, 1.82) is 0 Å². The predicted octanol–water partition coefficient (Wildman–Crippen LogP) is 2.60. The van der Waals surface area contributed by atoms with Crippen LogP contribution in [0.5, 0.6) is 5.75 Å². The zero-order valence-electron chi connectivity index (χ0n) is 9.48. The topological polar surface area (TPSA) is 39.2 Å². The Balaban J connectivity index is 2.44. The Morgan fingerprint density at radius 1 is 1.22 bits per heavy atom. The van der Waals surface area contributed by atoms with Crippen molar-refractivity contribution in [2.75, 3.05) is 7.11 Å². The van der Waals surface area contributed by atoms with E-state index in [0.29, 0.717) is 0 Å². The average molecular weight is 249 g/mol. The third kappa shape index (κ3) is 2.20. The van der Waals surface area contributed by atoms with Crippen LogP contribution in [0.25, 0.3) is 0 Å². The highest BCUT2D eigenvalue weighted by Gasteiger charge is 2.17. The van der Waals surface area contributed by atoms with E-state index in [4.69, 9.17) is 4.74 Å². The van der Waals surface area contributed by atoms with Gasteiger partial charge in [-0.25, -0.2) is 13.8 Å². The van der Waals surface area contributed by atoms with E-state index in [1.165, 1.54) is 19.4 Å². The molecule has 0 saturated carbocycles. The Bertz CT molecular complexity index is 599. The molecule has 2 rings (SSSR count). The Kier molecular flexibility index (Phi) is 3.32. The van der Waals surface area contributed by atoms with Crippen LogP contribution >= 0.6 is 0 Å². The zero-order chi connectivity index (χ0) is 13.1. The van der Waals surface area contributed by atoms with E-state index in [1.54, 1.807) is 12.1 Å². The maximum Gasteiger partial charge on any atom is 0.215 e. The van der Waals surface area contributed by atoms with Gasteiger partial charge < -0.3 is 4.74 Å². The van der Waals surface area contributed by atoms with Crippen LogP contribution < -0.4 is 4.74 Å². The molecule has 2 aromatic rings. The van der Waals surface area contributed by atoms with Crippen molar-refractivity contribution in [2.24, 2.45) is 0 Å². The van der Waals surface area contributed by atoms with Crippen LogP contribution in [0.4, 0.5) is 8.78 Å². The number of hydrogen-bond donors (Lipinski definition) is 0. The first-order valence-corrected chi connectivity index (χ1v) is 5.12. The van der Waals surface area contributed by atoms with Crippen LogP contribution in [0.2, 0.25) is 0 Å². The highest BCUT2D eigenvalue weighted by molar-refractivity contribution is 6.09. The molecule has 0 N–H and O–H groups in total. The minimum atomic E-state index is -1.07. The quantitative estimate of drug-likeness (QED) is 0.785. The number of aromatic nitrogens is 1. The Labute approximate surface area is 102 Å². The van der Waals surface area contributed by atoms with Gasteiger partial charge in [-0.05, 0) is 30.3 Å². The first-order chi connectivity index (χ1) is 8.63. The number of carbonyl (C=O) groups excluding carboxylic acids is 1. The Morgan fingerprint density at radius 2 is 2.00 bits per heavy atom. The number of halogens is 2. The smallest absolute Gasteiger partial charge is 0.215 e. The number of hydrogen-bond acceptors (Lipinski definition) is 3. The lowest BCUT2D eigenvalue weighted by atomic mass is 10.1. The number of ketones is 1. The highest BCUT2D eigenvalue weighted by Crippen LogP contribution is 2.19. The fourth-order valence-electron chi connectivity index (χ4n) is 1.50.